The zero-order valence-corrected chi connectivity index (χ0v) is 9.26. The van der Waals surface area contributed by atoms with Gasteiger partial charge in [0.15, 0.2) is 0 Å². The van der Waals surface area contributed by atoms with E-state index in [2.05, 4.69) is 21.1 Å². The Kier molecular flexibility index (Phi) is 0.940. The van der Waals surface area contributed by atoms with Crippen LogP contribution in [0.15, 0.2) is 5.16 Å². The van der Waals surface area contributed by atoms with Crippen molar-refractivity contribution in [1.29, 1.82) is 0 Å². The maximum absolute atomic E-state index is 9.14. The summed E-state index contributed by atoms with van der Waals surface area (Å²) >= 11 is 3.91. The normalized spacial score (nSPS) is 77.8. The summed E-state index contributed by atoms with van der Waals surface area (Å²) in [5.74, 6) is 6.84. The van der Waals surface area contributed by atoms with Crippen molar-refractivity contribution < 1.29 is 5.21 Å². The first kappa shape index (κ1) is 7.26. The Morgan fingerprint density at radius 3 is 2.57 bits per heavy atom. The molecule has 6 fully saturated rings. The molecule has 6 rings (SSSR count). The third-order valence-electron chi connectivity index (χ3n) is 6.16. The van der Waals surface area contributed by atoms with Gasteiger partial charge < -0.3 is 5.21 Å². The van der Waals surface area contributed by atoms with Gasteiger partial charge in [-0.1, -0.05) is 21.1 Å². The lowest BCUT2D eigenvalue weighted by molar-refractivity contribution is 0.132. The standard InChI is InChI=1S/C11H12BrNO/c12-10-6-2-1-3-4(6)9-8(10)5(2)7(3)11(9)13-14/h2-10,14H,1H2/b13-11+/t2-,3-,4-,5-,6-,7+,8+,9-,10+/m0/s1. The van der Waals surface area contributed by atoms with Crippen LogP contribution in [0.4, 0.5) is 0 Å². The molecule has 3 heteroatoms. The first-order chi connectivity index (χ1) is 6.84. The van der Waals surface area contributed by atoms with Crippen molar-refractivity contribution in [2.75, 3.05) is 0 Å². The predicted molar refractivity (Wildman–Crippen MR) is 54.5 cm³/mol. The monoisotopic (exact) mass is 253 g/mol. The second-order valence-electron chi connectivity index (χ2n) is 5.89. The molecule has 0 aliphatic heterocycles. The van der Waals surface area contributed by atoms with E-state index in [-0.39, 0.29) is 0 Å². The van der Waals surface area contributed by atoms with Crippen LogP contribution in [0.2, 0.25) is 0 Å². The van der Waals surface area contributed by atoms with E-state index in [0.717, 1.165) is 40.3 Å². The van der Waals surface area contributed by atoms with Crippen molar-refractivity contribution >= 4 is 21.6 Å². The Hall–Kier alpha value is -0.0500. The highest BCUT2D eigenvalue weighted by molar-refractivity contribution is 9.09. The van der Waals surface area contributed by atoms with Crippen LogP contribution in [0, 0.1) is 47.3 Å². The summed E-state index contributed by atoms with van der Waals surface area (Å²) in [6.07, 6.45) is 1.44. The average molecular weight is 254 g/mol. The van der Waals surface area contributed by atoms with Gasteiger partial charge in [0.25, 0.3) is 0 Å². The van der Waals surface area contributed by atoms with E-state index in [1.54, 1.807) is 0 Å². The summed E-state index contributed by atoms with van der Waals surface area (Å²) in [6.45, 7) is 0. The van der Waals surface area contributed by atoms with E-state index in [1.165, 1.54) is 12.1 Å². The van der Waals surface area contributed by atoms with Gasteiger partial charge in [0.05, 0.1) is 5.71 Å². The van der Waals surface area contributed by atoms with Crippen molar-refractivity contribution in [3.05, 3.63) is 0 Å². The number of hydrogen-bond donors (Lipinski definition) is 1. The summed E-state index contributed by atoms with van der Waals surface area (Å²) in [5.41, 5.74) is 1.20. The Morgan fingerprint density at radius 1 is 1.07 bits per heavy atom. The maximum Gasteiger partial charge on any atom is 0.0644 e. The largest absolute Gasteiger partial charge is 0.411 e. The third kappa shape index (κ3) is 0.427. The lowest BCUT2D eigenvalue weighted by Gasteiger charge is -2.32. The van der Waals surface area contributed by atoms with Crippen LogP contribution >= 0.6 is 15.9 Å². The fourth-order valence-corrected chi connectivity index (χ4v) is 7.79. The highest BCUT2D eigenvalue weighted by atomic mass is 79.9. The lowest BCUT2D eigenvalue weighted by Crippen LogP contribution is -2.30. The van der Waals surface area contributed by atoms with E-state index < -0.39 is 0 Å². The van der Waals surface area contributed by atoms with E-state index in [4.69, 9.17) is 5.21 Å². The van der Waals surface area contributed by atoms with E-state index in [1.807, 2.05) is 0 Å². The minimum atomic E-state index is 0.674. The Balaban J connectivity index is 1.85. The lowest BCUT2D eigenvalue weighted by atomic mass is 9.71. The summed E-state index contributed by atoms with van der Waals surface area (Å²) in [5, 5.41) is 12.8. The van der Waals surface area contributed by atoms with Crippen LogP contribution in [0.5, 0.6) is 0 Å². The molecule has 0 amide bonds. The van der Waals surface area contributed by atoms with Crippen LogP contribution in [0.25, 0.3) is 0 Å². The van der Waals surface area contributed by atoms with E-state index in [0.29, 0.717) is 11.8 Å². The van der Waals surface area contributed by atoms with Crippen LogP contribution in [-0.4, -0.2) is 15.7 Å². The number of nitrogens with zero attached hydrogens (tertiary/aromatic N) is 1. The minimum Gasteiger partial charge on any atom is -0.411 e. The molecule has 2 nitrogen and oxygen atoms in total. The highest BCUT2D eigenvalue weighted by Gasteiger charge is 2.82. The van der Waals surface area contributed by atoms with Crippen molar-refractivity contribution in [3.8, 4) is 0 Å². The van der Waals surface area contributed by atoms with Gasteiger partial charge in [-0.15, -0.1) is 0 Å². The molecular weight excluding hydrogens is 242 g/mol. The first-order valence-corrected chi connectivity index (χ1v) is 6.62. The number of hydrogen-bond acceptors (Lipinski definition) is 2. The number of alkyl halides is 1. The molecule has 9 atom stereocenters. The van der Waals surface area contributed by atoms with Crippen LogP contribution in [-0.2, 0) is 0 Å². The molecule has 0 aromatic rings. The van der Waals surface area contributed by atoms with Gasteiger partial charge >= 0.3 is 0 Å². The SMILES string of the molecule is O/N=C1\[C@@H]2[C@H]3C[C@@H]4[C@@H]5[C@@H](Br)[C@@H]([C@@H]1[C@@H]35)[C@@H]42. The average Bonchev–Trinajstić information content (AvgIpc) is 2.85. The van der Waals surface area contributed by atoms with Crippen molar-refractivity contribution in [2.24, 2.45) is 52.5 Å². The van der Waals surface area contributed by atoms with Gasteiger partial charge in [-0.2, -0.15) is 0 Å². The van der Waals surface area contributed by atoms with Crippen LogP contribution < -0.4 is 0 Å². The molecule has 6 aliphatic rings. The van der Waals surface area contributed by atoms with Gasteiger partial charge in [0.2, 0.25) is 0 Å². The topological polar surface area (TPSA) is 32.6 Å². The molecule has 6 aliphatic carbocycles. The van der Waals surface area contributed by atoms with Gasteiger partial charge in [-0.3, -0.25) is 0 Å². The van der Waals surface area contributed by atoms with Crippen molar-refractivity contribution in [1.82, 2.24) is 0 Å². The molecule has 0 unspecified atom stereocenters. The van der Waals surface area contributed by atoms with Gasteiger partial charge in [0.1, 0.15) is 0 Å². The molecule has 14 heavy (non-hydrogen) atoms. The molecule has 0 radical (unpaired) electrons. The molecule has 0 aromatic carbocycles. The zero-order chi connectivity index (χ0) is 9.19. The Labute approximate surface area is 90.9 Å². The summed E-state index contributed by atoms with van der Waals surface area (Å²) in [7, 11) is 0. The zero-order valence-electron chi connectivity index (χ0n) is 7.68. The quantitative estimate of drug-likeness (QED) is 0.400. The molecule has 0 aromatic heterocycles. The highest BCUT2D eigenvalue weighted by Crippen LogP contribution is 2.82. The van der Waals surface area contributed by atoms with E-state index in [9.17, 15) is 0 Å². The summed E-state index contributed by atoms with van der Waals surface area (Å²) in [4.78, 5) is 0.752. The molecule has 6 bridgehead atoms. The molecule has 6 saturated carbocycles. The molecule has 0 spiro atoms. The number of rotatable bonds is 0. The van der Waals surface area contributed by atoms with Crippen molar-refractivity contribution in [3.63, 3.8) is 0 Å². The van der Waals surface area contributed by atoms with Crippen LogP contribution in [0.1, 0.15) is 6.42 Å². The third-order valence-corrected chi connectivity index (χ3v) is 7.38. The second kappa shape index (κ2) is 1.81. The molecular formula is C11H12BrNO. The van der Waals surface area contributed by atoms with Gasteiger partial charge in [0, 0.05) is 16.7 Å². The molecule has 0 saturated heterocycles. The number of oxime groups is 1. The van der Waals surface area contributed by atoms with Gasteiger partial charge in [-0.05, 0) is 41.9 Å². The fraction of sp³-hybridized carbons (Fsp3) is 0.909. The Morgan fingerprint density at radius 2 is 1.86 bits per heavy atom. The molecule has 1 N–H and O–H groups in total. The maximum atomic E-state index is 9.14. The molecule has 74 valence electrons. The summed E-state index contributed by atoms with van der Waals surface area (Å²) in [6, 6.07) is 0. The smallest absolute Gasteiger partial charge is 0.0644 e. The van der Waals surface area contributed by atoms with Crippen LogP contribution in [0.3, 0.4) is 0 Å². The van der Waals surface area contributed by atoms with Gasteiger partial charge in [-0.25, -0.2) is 0 Å². The minimum absolute atomic E-state index is 0.674. The number of halogens is 1. The van der Waals surface area contributed by atoms with E-state index >= 15 is 0 Å². The van der Waals surface area contributed by atoms with Crippen molar-refractivity contribution in [2.45, 2.75) is 11.2 Å². The Bertz CT molecular complexity index is 379. The first-order valence-electron chi connectivity index (χ1n) is 5.70. The molecule has 0 heterocycles. The second-order valence-corrected chi connectivity index (χ2v) is 6.95. The summed E-state index contributed by atoms with van der Waals surface area (Å²) < 4.78 is 0. The predicted octanol–water partition coefficient (Wildman–Crippen LogP) is 1.97. The fourth-order valence-electron chi connectivity index (χ4n) is 6.36.